The number of anilines is 1. The molecular formula is C64H87ClN10O13. The number of amides is 8. The number of aliphatic hydroxyl groups excluding tert-OH is 1. The van der Waals surface area contributed by atoms with E-state index in [9.17, 15) is 43.5 Å². The highest BCUT2D eigenvalue weighted by atomic mass is 35.5. The fourth-order valence-corrected chi connectivity index (χ4v) is 9.52. The van der Waals surface area contributed by atoms with Gasteiger partial charge < -0.3 is 66.6 Å². The molecule has 5 atom stereocenters. The third-order valence-corrected chi connectivity index (χ3v) is 14.3. The lowest BCUT2D eigenvalue weighted by atomic mass is 9.89. The molecule has 0 aliphatic rings. The van der Waals surface area contributed by atoms with E-state index >= 15 is 0 Å². The summed E-state index contributed by atoms with van der Waals surface area (Å²) in [6.45, 7) is 18.3. The predicted molar refractivity (Wildman–Crippen MR) is 335 cm³/mol. The highest BCUT2D eigenvalue weighted by molar-refractivity contribution is 6.31. The van der Waals surface area contributed by atoms with Crippen molar-refractivity contribution in [3.63, 3.8) is 0 Å². The highest BCUT2D eigenvalue weighted by Gasteiger charge is 2.34. The van der Waals surface area contributed by atoms with Gasteiger partial charge >= 0.3 is 18.2 Å². The normalized spacial score (nSPS) is 13.2. The smallest absolute Gasteiger partial charge is 0.407 e. The van der Waals surface area contributed by atoms with Gasteiger partial charge in [0, 0.05) is 48.9 Å². The van der Waals surface area contributed by atoms with Crippen molar-refractivity contribution in [1.29, 1.82) is 0 Å². The zero-order chi connectivity index (χ0) is 64.7. The van der Waals surface area contributed by atoms with E-state index in [1.807, 2.05) is 84.0 Å². The Morgan fingerprint density at radius 2 is 1.41 bits per heavy atom. The monoisotopic (exact) mass is 1240 g/mol. The molecule has 5 unspecified atom stereocenters. The van der Waals surface area contributed by atoms with E-state index in [1.54, 1.807) is 91.8 Å². The predicted octanol–water partition coefficient (Wildman–Crippen LogP) is 7.87. The lowest BCUT2D eigenvalue weighted by molar-refractivity contribution is -0.226. The van der Waals surface area contributed by atoms with Gasteiger partial charge in [-0.1, -0.05) is 120 Å². The molecule has 478 valence electrons. The Hall–Kier alpha value is -8.12. The molecule has 4 aromatic carbocycles. The van der Waals surface area contributed by atoms with Crippen LogP contribution in [0.4, 0.5) is 20.1 Å². The first-order valence-electron chi connectivity index (χ1n) is 29.6. The number of nitrogens with one attached hydrogen (secondary N) is 6. The van der Waals surface area contributed by atoms with Gasteiger partial charge in [0.25, 0.3) is 11.5 Å². The number of aryl methyl sites for hydroxylation is 1. The molecule has 0 saturated carbocycles. The summed E-state index contributed by atoms with van der Waals surface area (Å²) in [5, 5.41) is 26.6. The number of aromatic nitrogens is 2. The molecule has 24 heteroatoms. The largest absolute Gasteiger partial charge is 0.445 e. The molecule has 0 aliphatic heterocycles. The Kier molecular flexibility index (Phi) is 27.6. The molecule has 0 radical (unpaired) electrons. The molecule has 0 bridgehead atoms. The van der Waals surface area contributed by atoms with Gasteiger partial charge in [-0.3, -0.25) is 28.5 Å². The number of primary amides is 1. The molecule has 0 aliphatic carbocycles. The maximum Gasteiger partial charge on any atom is 0.407 e. The maximum atomic E-state index is 14.7. The van der Waals surface area contributed by atoms with Crippen molar-refractivity contribution in [2.24, 2.45) is 23.0 Å². The summed E-state index contributed by atoms with van der Waals surface area (Å²) in [5.74, 6) is -2.37. The number of carbonyl (C=O) groups is 7. The molecule has 5 rings (SSSR count). The zero-order valence-electron chi connectivity index (χ0n) is 52.0. The van der Waals surface area contributed by atoms with Gasteiger partial charge in [0.05, 0.1) is 42.3 Å². The van der Waals surface area contributed by atoms with Crippen LogP contribution in [0.5, 0.6) is 0 Å². The van der Waals surface area contributed by atoms with Crippen LogP contribution in [0, 0.1) is 24.2 Å². The number of carbonyl (C=O) groups excluding carboxylic acids is 7. The van der Waals surface area contributed by atoms with Crippen LogP contribution >= 0.6 is 11.6 Å². The van der Waals surface area contributed by atoms with Crippen LogP contribution in [-0.2, 0) is 46.5 Å². The van der Waals surface area contributed by atoms with Gasteiger partial charge in [0.2, 0.25) is 17.7 Å². The number of halogens is 1. The van der Waals surface area contributed by atoms with Crippen molar-refractivity contribution >= 4 is 70.0 Å². The number of hydrogen-bond acceptors (Lipinski definition) is 14. The van der Waals surface area contributed by atoms with Crippen molar-refractivity contribution in [2.75, 3.05) is 44.7 Å². The number of hydrogen-bond donors (Lipinski definition) is 8. The second-order valence-corrected chi connectivity index (χ2v) is 23.9. The number of rotatable bonds is 32. The van der Waals surface area contributed by atoms with Crippen LogP contribution < -0.4 is 43.2 Å². The fraction of sp³-hybridized carbons (Fsp3) is 0.484. The van der Waals surface area contributed by atoms with Crippen LogP contribution in [0.1, 0.15) is 127 Å². The molecule has 0 spiro atoms. The van der Waals surface area contributed by atoms with E-state index in [2.05, 4.69) is 31.9 Å². The maximum absolute atomic E-state index is 14.7. The van der Waals surface area contributed by atoms with Gasteiger partial charge in [-0.15, -0.1) is 0 Å². The standard InChI is InChI=1S/C64H87ClN10O13/c1-39(2)54(73-52(77)29-32-69-63(84)86-38-53(87-41(5)6)88-51(36-76)64(8,9)10)58(79)72-49(18-14-30-67-61(66)82)57(78)70-47-26-21-44(22-27-47)37-85-62(83)68-31-15-33-74(59(80)45-23-19-42(7)20-24-45)55(40(3)4)56-71-50-34-46(65)25-28-48(50)60(81)75(56)35-43-16-12-11-13-17-43/h11-13,16-17,19-28,34,39-41,49,51,53-55,76H,14-15,18,29-33,35-38H2,1-10H3,(H,68,83)(H,69,84)(H,70,78)(H,72,79)(H,73,77)(H3,66,67,82). The van der Waals surface area contributed by atoms with Crippen molar-refractivity contribution in [3.05, 3.63) is 141 Å². The highest BCUT2D eigenvalue weighted by Crippen LogP contribution is 2.31. The number of ether oxygens (including phenoxy) is 4. The molecule has 5 aromatic rings. The van der Waals surface area contributed by atoms with Crippen LogP contribution in [0.3, 0.4) is 0 Å². The summed E-state index contributed by atoms with van der Waals surface area (Å²) in [6, 6.07) is 24.5. The first-order chi connectivity index (χ1) is 41.7. The van der Waals surface area contributed by atoms with E-state index < -0.39 is 77.8 Å². The SMILES string of the molecule is Cc1ccc(C(=O)N(CCCNC(=O)OCc2ccc(NC(=O)C(CCCNC(N)=O)NC(=O)C(NC(=O)CCNC(=O)OCC(OC(C)C)OC(CO)C(C)(C)C)C(C)C)cc2)C(c2nc3cc(Cl)ccc3c(=O)n2Cc2ccccc2)C(C)C)cc1. The quantitative estimate of drug-likeness (QED) is 0.0150. The summed E-state index contributed by atoms with van der Waals surface area (Å²) in [7, 11) is 0. The van der Waals surface area contributed by atoms with Crippen molar-refractivity contribution in [1.82, 2.24) is 41.0 Å². The van der Waals surface area contributed by atoms with Gasteiger partial charge in [0.15, 0.2) is 6.29 Å². The van der Waals surface area contributed by atoms with Crippen molar-refractivity contribution < 1.29 is 57.6 Å². The van der Waals surface area contributed by atoms with E-state index in [0.717, 1.165) is 11.1 Å². The minimum atomic E-state index is -1.13. The van der Waals surface area contributed by atoms with Crippen molar-refractivity contribution in [2.45, 2.75) is 145 Å². The van der Waals surface area contributed by atoms with Gasteiger partial charge in [-0.05, 0) is 111 Å². The summed E-state index contributed by atoms with van der Waals surface area (Å²) >= 11 is 6.42. The van der Waals surface area contributed by atoms with Crippen LogP contribution in [0.2, 0.25) is 5.02 Å². The van der Waals surface area contributed by atoms with Gasteiger partial charge in [-0.25, -0.2) is 19.4 Å². The fourth-order valence-electron chi connectivity index (χ4n) is 9.36. The molecule has 8 amide bonds. The third kappa shape index (κ3) is 22.5. The molecule has 88 heavy (non-hydrogen) atoms. The topological polar surface area (TPSA) is 313 Å². The summed E-state index contributed by atoms with van der Waals surface area (Å²) in [6.07, 6.45) is -2.99. The van der Waals surface area contributed by atoms with Crippen LogP contribution in [0.15, 0.2) is 102 Å². The van der Waals surface area contributed by atoms with Crippen LogP contribution in [0.25, 0.3) is 10.9 Å². The molecule has 0 fully saturated rings. The summed E-state index contributed by atoms with van der Waals surface area (Å²) in [5.41, 5.74) is 8.18. The Bertz CT molecular complexity index is 3170. The Balaban J connectivity index is 1.17. The molecule has 9 N–H and O–H groups in total. The first kappa shape index (κ1) is 70.6. The second kappa shape index (κ2) is 34.4. The number of aliphatic hydroxyl groups is 1. The Morgan fingerprint density at radius 1 is 0.750 bits per heavy atom. The van der Waals surface area contributed by atoms with E-state index in [1.165, 1.54) is 0 Å². The average Bonchev–Trinajstić information content (AvgIpc) is 1.52. The number of benzene rings is 4. The summed E-state index contributed by atoms with van der Waals surface area (Å²) in [4.78, 5) is 114. The Morgan fingerprint density at radius 3 is 2.03 bits per heavy atom. The van der Waals surface area contributed by atoms with Crippen molar-refractivity contribution in [3.8, 4) is 0 Å². The lowest BCUT2D eigenvalue weighted by Crippen LogP contribution is -2.54. The van der Waals surface area contributed by atoms with E-state index in [4.69, 9.17) is 41.3 Å². The molecule has 1 aromatic heterocycles. The third-order valence-electron chi connectivity index (χ3n) is 14.1. The van der Waals surface area contributed by atoms with Gasteiger partial charge in [-0.2, -0.15) is 0 Å². The molecular weight excluding hydrogens is 1150 g/mol. The minimum Gasteiger partial charge on any atom is -0.445 e. The lowest BCUT2D eigenvalue weighted by Gasteiger charge is -2.35. The van der Waals surface area contributed by atoms with Crippen LogP contribution in [-0.4, -0.2) is 131 Å². The van der Waals surface area contributed by atoms with Gasteiger partial charge in [0.1, 0.15) is 31.1 Å². The second-order valence-electron chi connectivity index (χ2n) is 23.5. The Labute approximate surface area is 519 Å². The average molecular weight is 1240 g/mol. The number of nitrogens with zero attached hydrogens (tertiary/aromatic N) is 3. The first-order valence-corrected chi connectivity index (χ1v) is 30.0. The molecule has 23 nitrogen and oxygen atoms in total. The number of fused-ring (bicyclic) bond motifs is 1. The summed E-state index contributed by atoms with van der Waals surface area (Å²) < 4.78 is 24.1. The minimum absolute atomic E-state index is 0.0719. The number of urea groups is 1. The zero-order valence-corrected chi connectivity index (χ0v) is 52.7. The number of alkyl carbamates (subject to hydrolysis) is 2. The molecule has 1 heterocycles. The van der Waals surface area contributed by atoms with E-state index in [0.29, 0.717) is 45.0 Å². The number of nitrogens with two attached hydrogens (primary N) is 1. The van der Waals surface area contributed by atoms with E-state index in [-0.39, 0.29) is 95.3 Å². The molecule has 0 saturated heterocycles.